The molecular weight excluding hydrogens is 234 g/mol. The highest BCUT2D eigenvalue weighted by molar-refractivity contribution is 7.98. The van der Waals surface area contributed by atoms with Crippen LogP contribution in [0.3, 0.4) is 0 Å². The van der Waals surface area contributed by atoms with Crippen molar-refractivity contribution < 1.29 is 4.52 Å². The fourth-order valence-corrected chi connectivity index (χ4v) is 2.82. The highest BCUT2D eigenvalue weighted by Crippen LogP contribution is 2.28. The van der Waals surface area contributed by atoms with Crippen molar-refractivity contribution in [3.63, 3.8) is 0 Å². The number of nitrogens with zero attached hydrogens (tertiary/aromatic N) is 2. The molecule has 5 heteroatoms. The van der Waals surface area contributed by atoms with Crippen LogP contribution in [0.2, 0.25) is 0 Å². The van der Waals surface area contributed by atoms with Gasteiger partial charge in [0, 0.05) is 0 Å². The van der Waals surface area contributed by atoms with Gasteiger partial charge in [-0.05, 0) is 44.9 Å². The lowest BCUT2D eigenvalue weighted by Gasteiger charge is -2.31. The van der Waals surface area contributed by atoms with Gasteiger partial charge in [0.15, 0.2) is 5.82 Å². The fraction of sp³-hybridized carbons (Fsp3) is 0.833. The molecule has 2 heterocycles. The normalized spacial score (nSPS) is 25.1. The van der Waals surface area contributed by atoms with Gasteiger partial charge in [0.25, 0.3) is 0 Å². The van der Waals surface area contributed by atoms with Crippen LogP contribution in [0.5, 0.6) is 0 Å². The number of nitrogens with one attached hydrogen (secondary N) is 1. The smallest absolute Gasteiger partial charge is 0.246 e. The van der Waals surface area contributed by atoms with Crippen molar-refractivity contribution in [1.82, 2.24) is 15.5 Å². The first-order chi connectivity index (χ1) is 8.24. The molecule has 0 bridgehead atoms. The molecule has 1 aliphatic heterocycles. The molecule has 0 aromatic carbocycles. The highest BCUT2D eigenvalue weighted by atomic mass is 32.2. The monoisotopic (exact) mass is 255 g/mol. The Morgan fingerprint density at radius 1 is 1.47 bits per heavy atom. The number of hydrogen-bond acceptors (Lipinski definition) is 5. The summed E-state index contributed by atoms with van der Waals surface area (Å²) in [5, 5.41) is 7.55. The minimum atomic E-state index is -0.112. The molecule has 0 saturated carbocycles. The third-order valence-electron chi connectivity index (χ3n) is 3.14. The SMILES string of the molecule is CCCSCc1noc(C2(C)CCCCN2)n1. The zero-order chi connectivity index (χ0) is 12.1. The molecule has 96 valence electrons. The van der Waals surface area contributed by atoms with E-state index in [2.05, 4.69) is 29.3 Å². The van der Waals surface area contributed by atoms with Crippen LogP contribution in [0.4, 0.5) is 0 Å². The van der Waals surface area contributed by atoms with Gasteiger partial charge in [-0.25, -0.2) is 0 Å². The average Bonchev–Trinajstić information content (AvgIpc) is 2.80. The predicted octanol–water partition coefficient (Wildman–Crippen LogP) is 2.70. The molecule has 0 spiro atoms. The maximum atomic E-state index is 5.40. The summed E-state index contributed by atoms with van der Waals surface area (Å²) >= 11 is 1.86. The molecule has 17 heavy (non-hydrogen) atoms. The van der Waals surface area contributed by atoms with Crippen LogP contribution in [-0.4, -0.2) is 22.4 Å². The molecule has 1 aromatic rings. The quantitative estimate of drug-likeness (QED) is 0.820. The van der Waals surface area contributed by atoms with Crippen molar-refractivity contribution in [2.45, 2.75) is 50.8 Å². The van der Waals surface area contributed by atoms with E-state index >= 15 is 0 Å². The molecule has 1 N–H and O–H groups in total. The van der Waals surface area contributed by atoms with E-state index in [9.17, 15) is 0 Å². The van der Waals surface area contributed by atoms with Gasteiger partial charge in [0.1, 0.15) is 0 Å². The van der Waals surface area contributed by atoms with E-state index in [-0.39, 0.29) is 5.54 Å². The summed E-state index contributed by atoms with van der Waals surface area (Å²) in [6.45, 7) is 5.38. The van der Waals surface area contributed by atoms with Gasteiger partial charge in [-0.15, -0.1) is 0 Å². The Bertz CT molecular complexity index is 347. The summed E-state index contributed by atoms with van der Waals surface area (Å²) in [5.41, 5.74) is -0.112. The topological polar surface area (TPSA) is 51.0 Å². The van der Waals surface area contributed by atoms with Crippen molar-refractivity contribution in [3.8, 4) is 0 Å². The number of aromatic nitrogens is 2. The van der Waals surface area contributed by atoms with Gasteiger partial charge in [-0.3, -0.25) is 0 Å². The first-order valence-electron chi connectivity index (χ1n) is 6.40. The minimum Gasteiger partial charge on any atom is -0.337 e. The minimum absolute atomic E-state index is 0.112. The molecule has 4 nitrogen and oxygen atoms in total. The van der Waals surface area contributed by atoms with E-state index in [0.717, 1.165) is 36.2 Å². The molecule has 2 rings (SSSR count). The largest absolute Gasteiger partial charge is 0.337 e. The molecule has 1 atom stereocenters. The summed E-state index contributed by atoms with van der Waals surface area (Å²) in [7, 11) is 0. The summed E-state index contributed by atoms with van der Waals surface area (Å²) in [6.07, 6.45) is 4.74. The highest BCUT2D eigenvalue weighted by Gasteiger charge is 2.33. The molecule has 1 fully saturated rings. The molecular formula is C12H21N3OS. The van der Waals surface area contributed by atoms with Crippen LogP contribution in [0.15, 0.2) is 4.52 Å². The second-order valence-electron chi connectivity index (χ2n) is 4.78. The number of hydrogen-bond donors (Lipinski definition) is 1. The Hall–Kier alpha value is -0.550. The van der Waals surface area contributed by atoms with Crippen molar-refractivity contribution >= 4 is 11.8 Å². The molecule has 0 radical (unpaired) electrons. The van der Waals surface area contributed by atoms with Gasteiger partial charge in [0.2, 0.25) is 5.89 Å². The van der Waals surface area contributed by atoms with Crippen molar-refractivity contribution in [1.29, 1.82) is 0 Å². The summed E-state index contributed by atoms with van der Waals surface area (Å²) < 4.78 is 5.40. The van der Waals surface area contributed by atoms with E-state index < -0.39 is 0 Å². The van der Waals surface area contributed by atoms with E-state index in [1.54, 1.807) is 0 Å². The second-order valence-corrected chi connectivity index (χ2v) is 5.89. The summed E-state index contributed by atoms with van der Waals surface area (Å²) in [6, 6.07) is 0. The zero-order valence-electron chi connectivity index (χ0n) is 10.7. The number of piperidine rings is 1. The third kappa shape index (κ3) is 3.22. The number of thioether (sulfide) groups is 1. The first kappa shape index (κ1) is 12.9. The summed E-state index contributed by atoms with van der Waals surface area (Å²) in [4.78, 5) is 4.52. The Balaban J connectivity index is 1.96. The Kier molecular flexibility index (Phi) is 4.45. The van der Waals surface area contributed by atoms with Gasteiger partial charge in [0.05, 0.1) is 11.3 Å². The van der Waals surface area contributed by atoms with Gasteiger partial charge in [-0.1, -0.05) is 12.1 Å². The standard InChI is InChI=1S/C12H21N3OS/c1-3-8-17-9-10-14-11(16-15-10)12(2)6-4-5-7-13-12/h13H,3-9H2,1-2H3. The Labute approximate surface area is 107 Å². The second kappa shape index (κ2) is 5.87. The lowest BCUT2D eigenvalue weighted by molar-refractivity contribution is 0.206. The van der Waals surface area contributed by atoms with Gasteiger partial charge >= 0.3 is 0 Å². The lowest BCUT2D eigenvalue weighted by atomic mass is 9.91. The van der Waals surface area contributed by atoms with Crippen molar-refractivity contribution in [3.05, 3.63) is 11.7 Å². The Morgan fingerprint density at radius 2 is 2.35 bits per heavy atom. The fourth-order valence-electron chi connectivity index (χ4n) is 2.08. The molecule has 1 aliphatic rings. The maximum absolute atomic E-state index is 5.40. The third-order valence-corrected chi connectivity index (χ3v) is 4.30. The van der Waals surface area contributed by atoms with Crippen LogP contribution in [-0.2, 0) is 11.3 Å². The molecule has 0 aliphatic carbocycles. The van der Waals surface area contributed by atoms with Crippen LogP contribution in [0, 0.1) is 0 Å². The molecule has 0 amide bonds. The van der Waals surface area contributed by atoms with Gasteiger partial charge < -0.3 is 9.84 Å². The molecule has 1 aromatic heterocycles. The van der Waals surface area contributed by atoms with Crippen molar-refractivity contribution in [2.24, 2.45) is 0 Å². The predicted molar refractivity (Wildman–Crippen MR) is 70.0 cm³/mol. The first-order valence-corrected chi connectivity index (χ1v) is 7.56. The van der Waals surface area contributed by atoms with Crippen LogP contribution in [0.1, 0.15) is 51.2 Å². The average molecular weight is 255 g/mol. The van der Waals surface area contributed by atoms with Crippen LogP contribution >= 0.6 is 11.8 Å². The lowest BCUT2D eigenvalue weighted by Crippen LogP contribution is -2.43. The van der Waals surface area contributed by atoms with E-state index in [4.69, 9.17) is 4.52 Å². The maximum Gasteiger partial charge on any atom is 0.246 e. The van der Waals surface area contributed by atoms with Crippen LogP contribution in [0.25, 0.3) is 0 Å². The Morgan fingerprint density at radius 3 is 3.06 bits per heavy atom. The van der Waals surface area contributed by atoms with Gasteiger partial charge in [-0.2, -0.15) is 16.7 Å². The van der Waals surface area contributed by atoms with E-state index in [1.807, 2.05) is 11.8 Å². The van der Waals surface area contributed by atoms with Crippen molar-refractivity contribution in [2.75, 3.05) is 12.3 Å². The van der Waals surface area contributed by atoms with E-state index in [1.165, 1.54) is 19.3 Å². The van der Waals surface area contributed by atoms with Crippen LogP contribution < -0.4 is 5.32 Å². The zero-order valence-corrected chi connectivity index (χ0v) is 11.5. The molecule has 1 saturated heterocycles. The van der Waals surface area contributed by atoms with E-state index in [0.29, 0.717) is 0 Å². The summed E-state index contributed by atoms with van der Waals surface area (Å²) in [5.74, 6) is 3.59. The number of rotatable bonds is 5. The molecule has 1 unspecified atom stereocenters.